The van der Waals surface area contributed by atoms with Gasteiger partial charge < -0.3 is 0 Å². The maximum Gasteiger partial charge on any atom is 0.266 e. The van der Waals surface area contributed by atoms with Gasteiger partial charge in [0.15, 0.2) is 0 Å². The molecule has 0 aromatic heterocycles. The highest BCUT2D eigenvalue weighted by molar-refractivity contribution is 4.87. The molecule has 0 aromatic rings. The topological polar surface area (TPSA) is 0 Å². The Morgan fingerprint density at radius 2 is 2.00 bits per heavy atom. The summed E-state index contributed by atoms with van der Waals surface area (Å²) in [5.74, 6) is -2.65. The van der Waals surface area contributed by atoms with E-state index >= 15 is 0 Å². The molecule has 0 saturated heterocycles. The molecule has 0 bridgehead atoms. The van der Waals surface area contributed by atoms with E-state index in [9.17, 15) is 8.78 Å². The van der Waals surface area contributed by atoms with Crippen molar-refractivity contribution in [3.8, 4) is 0 Å². The summed E-state index contributed by atoms with van der Waals surface area (Å²) in [4.78, 5) is 0. The summed E-state index contributed by atoms with van der Waals surface area (Å²) in [5, 5.41) is 0. The van der Waals surface area contributed by atoms with E-state index in [1.165, 1.54) is 0 Å². The van der Waals surface area contributed by atoms with Crippen molar-refractivity contribution < 1.29 is 8.78 Å². The lowest BCUT2D eigenvalue weighted by Gasteiger charge is -2.12. The van der Waals surface area contributed by atoms with Gasteiger partial charge in [-0.15, -0.1) is 0 Å². The van der Waals surface area contributed by atoms with Crippen molar-refractivity contribution in [1.82, 2.24) is 0 Å². The molecule has 0 aliphatic rings. The summed E-state index contributed by atoms with van der Waals surface area (Å²) in [6.07, 6.45) is 0.601. The van der Waals surface area contributed by atoms with Crippen molar-refractivity contribution in [2.45, 2.75) is 26.2 Å². The third-order valence-electron chi connectivity index (χ3n) is 0.979. The van der Waals surface area contributed by atoms with E-state index in [0.29, 0.717) is 6.08 Å². The highest BCUT2D eigenvalue weighted by Crippen LogP contribution is 2.23. The number of alkyl halides is 2. The zero-order chi connectivity index (χ0) is 7.49. The summed E-state index contributed by atoms with van der Waals surface area (Å²) in [5.41, 5.74) is 0. The van der Waals surface area contributed by atoms with Crippen LogP contribution in [0.5, 0.6) is 0 Å². The largest absolute Gasteiger partial charge is 0.266 e. The van der Waals surface area contributed by atoms with Crippen LogP contribution in [0.15, 0.2) is 12.7 Å². The minimum absolute atomic E-state index is 0.0259. The van der Waals surface area contributed by atoms with Gasteiger partial charge in [-0.2, -0.15) is 0 Å². The molecule has 0 heterocycles. The molecule has 0 aliphatic heterocycles. The Kier molecular flexibility index (Phi) is 2.82. The third-order valence-corrected chi connectivity index (χ3v) is 0.979. The molecule has 0 N–H and O–H groups in total. The van der Waals surface area contributed by atoms with E-state index < -0.39 is 5.92 Å². The van der Waals surface area contributed by atoms with Crippen LogP contribution in [0.3, 0.4) is 0 Å². The highest BCUT2D eigenvalue weighted by Gasteiger charge is 2.24. The minimum Gasteiger partial charge on any atom is -0.202 e. The molecule has 0 nitrogen and oxygen atoms in total. The molecule has 0 aromatic carbocycles. The first-order valence-electron chi connectivity index (χ1n) is 2.99. The fourth-order valence-electron chi connectivity index (χ4n) is 0.628. The summed E-state index contributed by atoms with van der Waals surface area (Å²) >= 11 is 0. The molecule has 0 unspecified atom stereocenters. The van der Waals surface area contributed by atoms with Gasteiger partial charge in [0.2, 0.25) is 0 Å². The van der Waals surface area contributed by atoms with E-state index in [-0.39, 0.29) is 12.3 Å². The molecule has 0 amide bonds. The van der Waals surface area contributed by atoms with E-state index in [2.05, 4.69) is 6.58 Å². The van der Waals surface area contributed by atoms with Gasteiger partial charge in [-0.05, 0) is 12.0 Å². The second-order valence-electron chi connectivity index (χ2n) is 2.56. The predicted molar refractivity (Wildman–Crippen MR) is 34.6 cm³/mol. The van der Waals surface area contributed by atoms with Crippen LogP contribution in [0.2, 0.25) is 0 Å². The lowest BCUT2D eigenvalue weighted by molar-refractivity contribution is 0.0330. The fourth-order valence-corrected chi connectivity index (χ4v) is 0.628. The van der Waals surface area contributed by atoms with Crippen molar-refractivity contribution in [1.29, 1.82) is 0 Å². The molecular weight excluding hydrogens is 122 g/mol. The SMILES string of the molecule is C=CC(F)(F)CC(C)C. The number of hydrogen-bond acceptors (Lipinski definition) is 0. The van der Waals surface area contributed by atoms with Gasteiger partial charge in [0.05, 0.1) is 0 Å². The van der Waals surface area contributed by atoms with E-state index in [0.717, 1.165) is 0 Å². The summed E-state index contributed by atoms with van der Waals surface area (Å²) in [6, 6.07) is 0. The van der Waals surface area contributed by atoms with Gasteiger partial charge in [-0.1, -0.05) is 20.4 Å². The Morgan fingerprint density at radius 1 is 1.56 bits per heavy atom. The van der Waals surface area contributed by atoms with Crippen LogP contribution in [0.4, 0.5) is 8.78 Å². The Morgan fingerprint density at radius 3 is 2.11 bits per heavy atom. The summed E-state index contributed by atoms with van der Waals surface area (Å²) in [7, 11) is 0. The molecule has 2 heteroatoms. The van der Waals surface area contributed by atoms with Crippen molar-refractivity contribution in [2.75, 3.05) is 0 Å². The van der Waals surface area contributed by atoms with Gasteiger partial charge in [-0.3, -0.25) is 0 Å². The Bertz CT molecular complexity index is 95.1. The predicted octanol–water partition coefficient (Wildman–Crippen LogP) is 2.85. The number of allylic oxidation sites excluding steroid dienone is 1. The van der Waals surface area contributed by atoms with Crippen LogP contribution < -0.4 is 0 Å². The van der Waals surface area contributed by atoms with Gasteiger partial charge >= 0.3 is 0 Å². The minimum atomic E-state index is -2.67. The Hall–Kier alpha value is -0.400. The molecule has 9 heavy (non-hydrogen) atoms. The highest BCUT2D eigenvalue weighted by atomic mass is 19.3. The lowest BCUT2D eigenvalue weighted by atomic mass is 10.1. The van der Waals surface area contributed by atoms with Gasteiger partial charge in [0.25, 0.3) is 5.92 Å². The average molecular weight is 134 g/mol. The number of hydrogen-bond donors (Lipinski definition) is 0. The van der Waals surface area contributed by atoms with Crippen LogP contribution in [-0.4, -0.2) is 5.92 Å². The van der Waals surface area contributed by atoms with Crippen LogP contribution >= 0.6 is 0 Å². The molecule has 54 valence electrons. The summed E-state index contributed by atoms with van der Waals surface area (Å²) < 4.78 is 24.6. The second-order valence-corrected chi connectivity index (χ2v) is 2.56. The van der Waals surface area contributed by atoms with Gasteiger partial charge in [0, 0.05) is 6.42 Å². The van der Waals surface area contributed by atoms with E-state index in [4.69, 9.17) is 0 Å². The maximum atomic E-state index is 12.3. The fraction of sp³-hybridized carbons (Fsp3) is 0.714. The molecule has 0 rings (SSSR count). The summed E-state index contributed by atoms with van der Waals surface area (Å²) in [6.45, 7) is 6.56. The molecule has 0 fully saturated rings. The smallest absolute Gasteiger partial charge is 0.202 e. The zero-order valence-electron chi connectivity index (χ0n) is 5.82. The standard InChI is InChI=1S/C7H12F2/c1-4-7(8,9)5-6(2)3/h4,6H,1,5H2,2-3H3. The van der Waals surface area contributed by atoms with Crippen LogP contribution in [0.1, 0.15) is 20.3 Å². The van der Waals surface area contributed by atoms with Crippen molar-refractivity contribution >= 4 is 0 Å². The van der Waals surface area contributed by atoms with Crippen molar-refractivity contribution in [3.05, 3.63) is 12.7 Å². The third kappa shape index (κ3) is 4.13. The Labute approximate surface area is 54.6 Å². The number of rotatable bonds is 3. The van der Waals surface area contributed by atoms with Gasteiger partial charge in [-0.25, -0.2) is 8.78 Å². The molecule has 0 spiro atoms. The molecular formula is C7H12F2. The van der Waals surface area contributed by atoms with Crippen molar-refractivity contribution in [2.24, 2.45) is 5.92 Å². The monoisotopic (exact) mass is 134 g/mol. The maximum absolute atomic E-state index is 12.3. The first kappa shape index (κ1) is 8.60. The molecule has 0 radical (unpaired) electrons. The van der Waals surface area contributed by atoms with Crippen LogP contribution in [-0.2, 0) is 0 Å². The van der Waals surface area contributed by atoms with Crippen molar-refractivity contribution in [3.63, 3.8) is 0 Å². The Balaban J connectivity index is 3.71. The number of halogens is 2. The first-order chi connectivity index (χ1) is 3.98. The van der Waals surface area contributed by atoms with Crippen LogP contribution in [0, 0.1) is 5.92 Å². The first-order valence-corrected chi connectivity index (χ1v) is 2.99. The molecule has 0 atom stereocenters. The lowest BCUT2D eigenvalue weighted by Crippen LogP contribution is -2.14. The second kappa shape index (κ2) is 2.95. The molecule has 0 saturated carbocycles. The molecule has 0 aliphatic carbocycles. The zero-order valence-corrected chi connectivity index (χ0v) is 5.82. The van der Waals surface area contributed by atoms with Gasteiger partial charge in [0.1, 0.15) is 0 Å². The quantitative estimate of drug-likeness (QED) is 0.520. The average Bonchev–Trinajstić information content (AvgIpc) is 1.63. The van der Waals surface area contributed by atoms with E-state index in [1.807, 2.05) is 0 Å². The van der Waals surface area contributed by atoms with Crippen LogP contribution in [0.25, 0.3) is 0 Å². The van der Waals surface area contributed by atoms with E-state index in [1.54, 1.807) is 13.8 Å². The normalized spacial score (nSPS) is 12.1.